The number of hydrogen-bond acceptors (Lipinski definition) is 4. The van der Waals surface area contributed by atoms with E-state index in [4.69, 9.17) is 22.4 Å². The van der Waals surface area contributed by atoms with Gasteiger partial charge in [-0.05, 0) is 30.0 Å². The van der Waals surface area contributed by atoms with Crippen molar-refractivity contribution < 1.29 is 13.5 Å². The summed E-state index contributed by atoms with van der Waals surface area (Å²) < 4.78 is 26.7. The summed E-state index contributed by atoms with van der Waals surface area (Å²) in [4.78, 5) is 0.00293. The number of nitrogens with two attached hydrogens (primary N) is 1. The minimum absolute atomic E-state index is 0.00293. The van der Waals surface area contributed by atoms with Crippen LogP contribution in [0.15, 0.2) is 23.1 Å². The largest absolute Gasteiger partial charge is 0.399 e. The van der Waals surface area contributed by atoms with E-state index in [2.05, 4.69) is 4.72 Å². The van der Waals surface area contributed by atoms with Gasteiger partial charge in [-0.25, -0.2) is 13.1 Å². The van der Waals surface area contributed by atoms with Crippen molar-refractivity contribution in [3.05, 3.63) is 23.2 Å². The van der Waals surface area contributed by atoms with E-state index in [9.17, 15) is 8.42 Å². The van der Waals surface area contributed by atoms with Crippen molar-refractivity contribution in [2.75, 3.05) is 18.9 Å². The molecule has 19 heavy (non-hydrogen) atoms. The van der Waals surface area contributed by atoms with Gasteiger partial charge in [0.05, 0.1) is 5.02 Å². The molecule has 108 valence electrons. The summed E-state index contributed by atoms with van der Waals surface area (Å²) in [5, 5.41) is 9.00. The lowest BCUT2D eigenvalue weighted by atomic mass is 9.90. The molecule has 0 radical (unpaired) electrons. The molecule has 5 nitrogen and oxygen atoms in total. The van der Waals surface area contributed by atoms with Crippen LogP contribution >= 0.6 is 11.6 Å². The molecule has 1 rings (SSSR count). The van der Waals surface area contributed by atoms with Crippen molar-refractivity contribution in [2.24, 2.45) is 5.41 Å². The molecule has 7 heteroatoms. The van der Waals surface area contributed by atoms with Crippen molar-refractivity contribution in [1.82, 2.24) is 4.72 Å². The van der Waals surface area contributed by atoms with Crippen molar-refractivity contribution in [3.8, 4) is 0 Å². The fraction of sp³-hybridized carbons (Fsp3) is 0.500. The van der Waals surface area contributed by atoms with Gasteiger partial charge in [-0.15, -0.1) is 0 Å². The Kier molecular flexibility index (Phi) is 5.20. The van der Waals surface area contributed by atoms with Gasteiger partial charge < -0.3 is 10.8 Å². The van der Waals surface area contributed by atoms with Gasteiger partial charge >= 0.3 is 0 Å². The Morgan fingerprint density at radius 2 is 2.05 bits per heavy atom. The molecule has 0 aliphatic heterocycles. The first-order chi connectivity index (χ1) is 8.68. The highest BCUT2D eigenvalue weighted by atomic mass is 35.5. The third-order valence-electron chi connectivity index (χ3n) is 2.77. The summed E-state index contributed by atoms with van der Waals surface area (Å²) in [6.07, 6.45) is 0.505. The van der Waals surface area contributed by atoms with E-state index in [1.807, 2.05) is 13.8 Å². The van der Waals surface area contributed by atoms with Crippen molar-refractivity contribution in [2.45, 2.75) is 25.2 Å². The molecule has 1 aromatic rings. The number of aliphatic hydroxyl groups is 1. The first-order valence-corrected chi connectivity index (χ1v) is 7.70. The smallest absolute Gasteiger partial charge is 0.242 e. The maximum Gasteiger partial charge on any atom is 0.242 e. The maximum absolute atomic E-state index is 12.1. The lowest BCUT2D eigenvalue weighted by Crippen LogP contribution is -2.34. The third kappa shape index (κ3) is 4.65. The van der Waals surface area contributed by atoms with Gasteiger partial charge in [-0.3, -0.25) is 0 Å². The van der Waals surface area contributed by atoms with Crippen LogP contribution in [0.2, 0.25) is 5.02 Å². The van der Waals surface area contributed by atoms with Crippen LogP contribution in [-0.4, -0.2) is 26.7 Å². The minimum atomic E-state index is -3.68. The summed E-state index contributed by atoms with van der Waals surface area (Å²) >= 11 is 5.89. The highest BCUT2D eigenvalue weighted by molar-refractivity contribution is 7.89. The molecule has 4 N–H and O–H groups in total. The molecule has 0 aliphatic rings. The predicted octanol–water partition coefficient (Wildman–Crippen LogP) is 1.61. The number of aliphatic hydroxyl groups excluding tert-OH is 1. The highest BCUT2D eigenvalue weighted by Gasteiger charge is 2.23. The van der Waals surface area contributed by atoms with Crippen LogP contribution in [0.25, 0.3) is 0 Å². The van der Waals surface area contributed by atoms with E-state index < -0.39 is 10.0 Å². The number of rotatable bonds is 6. The Balaban J connectivity index is 2.87. The Morgan fingerprint density at radius 3 is 2.58 bits per heavy atom. The van der Waals surface area contributed by atoms with Crippen LogP contribution in [0.3, 0.4) is 0 Å². The molecule has 0 atom stereocenters. The molecular formula is C12H19ClN2O3S. The summed E-state index contributed by atoms with van der Waals surface area (Å²) in [6.45, 7) is 3.97. The second kappa shape index (κ2) is 6.09. The molecule has 0 heterocycles. The average Bonchev–Trinajstić information content (AvgIpc) is 2.26. The number of anilines is 1. The minimum Gasteiger partial charge on any atom is -0.399 e. The quantitative estimate of drug-likeness (QED) is 0.696. The lowest BCUT2D eigenvalue weighted by Gasteiger charge is -2.23. The number of sulfonamides is 1. The Hall–Kier alpha value is -0.820. The third-order valence-corrected chi connectivity index (χ3v) is 4.66. The van der Waals surface area contributed by atoms with Gasteiger partial charge in [0.2, 0.25) is 10.0 Å². The zero-order chi connectivity index (χ0) is 14.7. The Bertz CT molecular complexity index is 544. The number of hydrogen-bond donors (Lipinski definition) is 3. The number of benzene rings is 1. The number of nitrogens with one attached hydrogen (secondary N) is 1. The molecule has 0 aliphatic carbocycles. The molecule has 0 aromatic heterocycles. The van der Waals surface area contributed by atoms with Crippen LogP contribution in [0.5, 0.6) is 0 Å². The van der Waals surface area contributed by atoms with Gasteiger partial charge in [0.1, 0.15) is 4.90 Å². The Morgan fingerprint density at radius 1 is 1.42 bits per heavy atom. The second-order valence-electron chi connectivity index (χ2n) is 5.15. The number of nitrogen functional groups attached to an aromatic ring is 1. The fourth-order valence-electron chi connectivity index (χ4n) is 1.49. The summed E-state index contributed by atoms with van der Waals surface area (Å²) in [5.41, 5.74) is 5.60. The van der Waals surface area contributed by atoms with E-state index in [-0.39, 0.29) is 28.5 Å². The van der Waals surface area contributed by atoms with Gasteiger partial charge in [0.15, 0.2) is 0 Å². The molecular weight excluding hydrogens is 288 g/mol. The first kappa shape index (κ1) is 16.2. The molecule has 0 saturated heterocycles. The zero-order valence-corrected chi connectivity index (χ0v) is 12.6. The molecule has 0 saturated carbocycles. The molecule has 1 aromatic carbocycles. The number of halogens is 1. The second-order valence-corrected chi connectivity index (χ2v) is 7.29. The van der Waals surface area contributed by atoms with Crippen molar-refractivity contribution >= 4 is 27.3 Å². The van der Waals surface area contributed by atoms with Gasteiger partial charge in [-0.2, -0.15) is 0 Å². The summed E-state index contributed by atoms with van der Waals surface area (Å²) in [6, 6.07) is 4.26. The normalized spacial score (nSPS) is 12.6. The topological polar surface area (TPSA) is 92.4 Å². The van der Waals surface area contributed by atoms with Crippen LogP contribution < -0.4 is 10.5 Å². The average molecular weight is 307 g/mol. The summed E-state index contributed by atoms with van der Waals surface area (Å²) in [5.74, 6) is 0. The van der Waals surface area contributed by atoms with Gasteiger partial charge in [0.25, 0.3) is 0 Å². The molecule has 0 bridgehead atoms. The summed E-state index contributed by atoms with van der Waals surface area (Å²) in [7, 11) is -3.68. The highest BCUT2D eigenvalue weighted by Crippen LogP contribution is 2.25. The zero-order valence-electron chi connectivity index (χ0n) is 11.0. The molecule has 0 fully saturated rings. The van der Waals surface area contributed by atoms with Crippen molar-refractivity contribution in [3.63, 3.8) is 0 Å². The van der Waals surface area contributed by atoms with E-state index in [0.717, 1.165) is 0 Å². The van der Waals surface area contributed by atoms with Gasteiger partial charge in [-0.1, -0.05) is 25.4 Å². The van der Waals surface area contributed by atoms with E-state index in [1.165, 1.54) is 18.2 Å². The Labute approximate surface area is 118 Å². The van der Waals surface area contributed by atoms with E-state index >= 15 is 0 Å². The lowest BCUT2D eigenvalue weighted by molar-refractivity contribution is 0.213. The van der Waals surface area contributed by atoms with E-state index in [1.54, 1.807) is 0 Å². The van der Waals surface area contributed by atoms with Crippen LogP contribution in [0.4, 0.5) is 5.69 Å². The predicted molar refractivity (Wildman–Crippen MR) is 76.5 cm³/mol. The van der Waals surface area contributed by atoms with Crippen LogP contribution in [0.1, 0.15) is 20.3 Å². The molecule has 0 amide bonds. The first-order valence-electron chi connectivity index (χ1n) is 5.83. The standard InChI is InChI=1S/C12H19ClN2O3S/c1-12(2,5-6-16)8-15-19(17,18)11-4-3-9(14)7-10(11)13/h3-4,7,15-16H,5-6,8,14H2,1-2H3. The maximum atomic E-state index is 12.1. The monoisotopic (exact) mass is 306 g/mol. The van der Waals surface area contributed by atoms with Crippen LogP contribution in [0, 0.1) is 5.41 Å². The van der Waals surface area contributed by atoms with Crippen molar-refractivity contribution in [1.29, 1.82) is 0 Å². The molecule has 0 unspecified atom stereocenters. The van der Waals surface area contributed by atoms with E-state index in [0.29, 0.717) is 12.1 Å². The van der Waals surface area contributed by atoms with Crippen LogP contribution in [-0.2, 0) is 10.0 Å². The fourth-order valence-corrected chi connectivity index (χ4v) is 3.29. The molecule has 0 spiro atoms. The van der Waals surface area contributed by atoms with Gasteiger partial charge in [0, 0.05) is 18.8 Å². The SMILES string of the molecule is CC(C)(CCO)CNS(=O)(=O)c1ccc(N)cc1Cl.